The number of nitrogens with zero attached hydrogens (tertiary/aromatic N) is 2. The number of nitrogens with one attached hydrogen (secondary N) is 1. The SMILES string of the molecule is CC[C@@H](C)NC(=O)[C@H](CC)N(Cc1ccccc1Cl)C(=O)CN(c1ccc(Oc2ccccc2)cc1)S(C)(=O)=O. The number of rotatable bonds is 13. The molecule has 1 N–H and O–H groups in total. The van der Waals surface area contributed by atoms with Crippen molar-refractivity contribution < 1.29 is 22.7 Å². The van der Waals surface area contributed by atoms with E-state index in [-0.39, 0.29) is 18.5 Å². The maximum Gasteiger partial charge on any atom is 0.244 e. The smallest absolute Gasteiger partial charge is 0.244 e. The van der Waals surface area contributed by atoms with E-state index in [9.17, 15) is 18.0 Å². The van der Waals surface area contributed by atoms with Gasteiger partial charge in [-0.2, -0.15) is 0 Å². The highest BCUT2D eigenvalue weighted by molar-refractivity contribution is 7.92. The number of anilines is 1. The number of hydrogen-bond donors (Lipinski definition) is 1. The van der Waals surface area contributed by atoms with Gasteiger partial charge in [-0.15, -0.1) is 0 Å². The predicted molar refractivity (Wildman–Crippen MR) is 159 cm³/mol. The van der Waals surface area contributed by atoms with Gasteiger partial charge in [-0.3, -0.25) is 13.9 Å². The molecule has 0 aliphatic carbocycles. The highest BCUT2D eigenvalue weighted by atomic mass is 35.5. The minimum atomic E-state index is -3.86. The molecule has 8 nitrogen and oxygen atoms in total. The van der Waals surface area contributed by atoms with Crippen LogP contribution in [0.25, 0.3) is 0 Å². The first-order valence-corrected chi connectivity index (χ1v) is 15.4. The number of amides is 2. The summed E-state index contributed by atoms with van der Waals surface area (Å²) in [6, 6.07) is 21.8. The molecule has 0 fully saturated rings. The average molecular weight is 586 g/mol. The molecular weight excluding hydrogens is 550 g/mol. The summed E-state index contributed by atoms with van der Waals surface area (Å²) in [6.07, 6.45) is 2.11. The van der Waals surface area contributed by atoms with Gasteiger partial charge in [-0.05, 0) is 67.8 Å². The van der Waals surface area contributed by atoms with E-state index in [4.69, 9.17) is 16.3 Å². The Morgan fingerprint density at radius 3 is 2.08 bits per heavy atom. The second kappa shape index (κ2) is 14.2. The molecule has 0 saturated heterocycles. The number of hydrogen-bond acceptors (Lipinski definition) is 5. The molecule has 3 aromatic carbocycles. The molecule has 0 unspecified atom stereocenters. The molecular formula is C30H36ClN3O5S. The van der Waals surface area contributed by atoms with Crippen LogP contribution in [-0.4, -0.2) is 50.0 Å². The molecule has 0 aliphatic rings. The van der Waals surface area contributed by atoms with Crippen LogP contribution in [0.15, 0.2) is 78.9 Å². The van der Waals surface area contributed by atoms with E-state index in [2.05, 4.69) is 5.32 Å². The van der Waals surface area contributed by atoms with Crippen molar-refractivity contribution in [3.8, 4) is 11.5 Å². The van der Waals surface area contributed by atoms with Crippen molar-refractivity contribution in [2.45, 2.75) is 52.2 Å². The second-order valence-electron chi connectivity index (χ2n) is 9.53. The van der Waals surface area contributed by atoms with E-state index in [1.54, 1.807) is 48.5 Å². The van der Waals surface area contributed by atoms with E-state index in [1.807, 2.05) is 51.1 Å². The van der Waals surface area contributed by atoms with Gasteiger partial charge in [-0.1, -0.05) is 61.8 Å². The number of benzene rings is 3. The van der Waals surface area contributed by atoms with Gasteiger partial charge < -0.3 is 15.0 Å². The number of sulfonamides is 1. The van der Waals surface area contributed by atoms with Gasteiger partial charge >= 0.3 is 0 Å². The van der Waals surface area contributed by atoms with Crippen molar-refractivity contribution in [3.05, 3.63) is 89.4 Å². The van der Waals surface area contributed by atoms with E-state index in [1.165, 1.54) is 4.90 Å². The Morgan fingerprint density at radius 1 is 0.900 bits per heavy atom. The zero-order chi connectivity index (χ0) is 29.3. The van der Waals surface area contributed by atoms with Gasteiger partial charge in [0.1, 0.15) is 24.1 Å². The van der Waals surface area contributed by atoms with Crippen LogP contribution in [-0.2, 0) is 26.2 Å². The first kappa shape index (κ1) is 31.0. The Bertz CT molecular complexity index is 1380. The Hall–Kier alpha value is -3.56. The van der Waals surface area contributed by atoms with Crippen LogP contribution in [0.1, 0.15) is 39.2 Å². The molecule has 0 spiro atoms. The van der Waals surface area contributed by atoms with Crippen molar-refractivity contribution in [1.29, 1.82) is 0 Å². The number of carbonyl (C=O) groups excluding carboxylic acids is 2. The summed E-state index contributed by atoms with van der Waals surface area (Å²) in [7, 11) is -3.86. The van der Waals surface area contributed by atoms with Crippen LogP contribution in [0.3, 0.4) is 0 Å². The van der Waals surface area contributed by atoms with E-state index >= 15 is 0 Å². The minimum absolute atomic E-state index is 0.0480. The first-order valence-electron chi connectivity index (χ1n) is 13.2. The summed E-state index contributed by atoms with van der Waals surface area (Å²) < 4.78 is 32.6. The fraction of sp³-hybridized carbons (Fsp3) is 0.333. The number of carbonyl (C=O) groups is 2. The molecule has 3 aromatic rings. The Labute approximate surface area is 241 Å². The number of halogens is 1. The lowest BCUT2D eigenvalue weighted by Gasteiger charge is -2.33. The molecule has 0 bridgehead atoms. The first-order chi connectivity index (χ1) is 19.0. The minimum Gasteiger partial charge on any atom is -0.457 e. The Balaban J connectivity index is 1.90. The maximum atomic E-state index is 13.8. The zero-order valence-electron chi connectivity index (χ0n) is 23.2. The molecule has 0 aromatic heterocycles. The topological polar surface area (TPSA) is 96.0 Å². The van der Waals surface area contributed by atoms with Crippen LogP contribution in [0.4, 0.5) is 5.69 Å². The lowest BCUT2D eigenvalue weighted by molar-refractivity contribution is -0.140. The van der Waals surface area contributed by atoms with E-state index < -0.39 is 28.5 Å². The summed E-state index contributed by atoms with van der Waals surface area (Å²) in [5, 5.41) is 3.40. The molecule has 2 atom stereocenters. The summed E-state index contributed by atoms with van der Waals surface area (Å²) in [5.74, 6) is 0.330. The van der Waals surface area contributed by atoms with Crippen molar-refractivity contribution >= 4 is 39.1 Å². The lowest BCUT2D eigenvalue weighted by Crippen LogP contribution is -2.53. The fourth-order valence-corrected chi connectivity index (χ4v) is 5.13. The lowest BCUT2D eigenvalue weighted by atomic mass is 10.1. The summed E-state index contributed by atoms with van der Waals surface area (Å²) in [6.45, 7) is 5.22. The molecule has 3 rings (SSSR count). The van der Waals surface area contributed by atoms with Gasteiger partial charge in [0, 0.05) is 17.6 Å². The third-order valence-corrected chi connectivity index (χ3v) is 7.98. The van der Waals surface area contributed by atoms with Crippen LogP contribution in [0.2, 0.25) is 5.02 Å². The van der Waals surface area contributed by atoms with E-state index in [0.717, 1.165) is 17.0 Å². The Morgan fingerprint density at radius 2 is 1.50 bits per heavy atom. The normalized spacial score (nSPS) is 12.7. The van der Waals surface area contributed by atoms with Crippen LogP contribution >= 0.6 is 11.6 Å². The largest absolute Gasteiger partial charge is 0.457 e. The fourth-order valence-electron chi connectivity index (χ4n) is 4.09. The molecule has 10 heteroatoms. The third-order valence-electron chi connectivity index (χ3n) is 6.47. The summed E-state index contributed by atoms with van der Waals surface area (Å²) in [5.41, 5.74) is 0.951. The summed E-state index contributed by atoms with van der Waals surface area (Å²) in [4.78, 5) is 28.5. The van der Waals surface area contributed by atoms with Crippen LogP contribution < -0.4 is 14.4 Å². The van der Waals surface area contributed by atoms with Gasteiger partial charge in [0.2, 0.25) is 21.8 Å². The van der Waals surface area contributed by atoms with Crippen LogP contribution in [0.5, 0.6) is 11.5 Å². The predicted octanol–water partition coefficient (Wildman–Crippen LogP) is 5.62. The number of ether oxygens (including phenoxy) is 1. The Kier molecular flexibility index (Phi) is 11.0. The quantitative estimate of drug-likeness (QED) is 0.281. The molecule has 0 aliphatic heterocycles. The standard InChI is InChI=1S/C30H36ClN3O5S/c1-5-22(3)32-30(36)28(6-2)33(20-23-12-10-11-15-27(23)31)29(35)21-34(40(4,37)38)24-16-18-26(19-17-24)39-25-13-8-7-9-14-25/h7-19,22,28H,5-6,20-21H2,1-4H3,(H,32,36)/t22-,28+/m1/s1. The molecule has 40 heavy (non-hydrogen) atoms. The van der Waals surface area contributed by atoms with Crippen molar-refractivity contribution in [3.63, 3.8) is 0 Å². The van der Waals surface area contributed by atoms with Gasteiger partial charge in [-0.25, -0.2) is 8.42 Å². The molecule has 2 amide bonds. The van der Waals surface area contributed by atoms with Gasteiger partial charge in [0.25, 0.3) is 0 Å². The summed E-state index contributed by atoms with van der Waals surface area (Å²) >= 11 is 6.40. The highest BCUT2D eigenvalue weighted by Gasteiger charge is 2.32. The van der Waals surface area contributed by atoms with Crippen LogP contribution in [0, 0.1) is 0 Å². The van der Waals surface area contributed by atoms with Gasteiger partial charge in [0.05, 0.1) is 11.9 Å². The maximum absolute atomic E-state index is 13.8. The van der Waals surface area contributed by atoms with Crippen molar-refractivity contribution in [1.82, 2.24) is 10.2 Å². The average Bonchev–Trinajstić information content (AvgIpc) is 2.93. The molecule has 0 heterocycles. The van der Waals surface area contributed by atoms with E-state index in [0.29, 0.717) is 34.2 Å². The third kappa shape index (κ3) is 8.47. The molecule has 214 valence electrons. The molecule has 0 saturated carbocycles. The van der Waals surface area contributed by atoms with Crippen molar-refractivity contribution in [2.24, 2.45) is 0 Å². The number of para-hydroxylation sites is 1. The van der Waals surface area contributed by atoms with Crippen molar-refractivity contribution in [2.75, 3.05) is 17.1 Å². The second-order valence-corrected chi connectivity index (χ2v) is 11.8. The molecule has 0 radical (unpaired) electrons. The van der Waals surface area contributed by atoms with Gasteiger partial charge in [0.15, 0.2) is 0 Å². The zero-order valence-corrected chi connectivity index (χ0v) is 24.8. The monoisotopic (exact) mass is 585 g/mol. The highest BCUT2D eigenvalue weighted by Crippen LogP contribution is 2.26.